The van der Waals surface area contributed by atoms with Gasteiger partial charge in [-0.25, -0.2) is 0 Å². The van der Waals surface area contributed by atoms with Gasteiger partial charge in [-0.15, -0.1) is 0 Å². The summed E-state index contributed by atoms with van der Waals surface area (Å²) in [5.41, 5.74) is 1.68. The van der Waals surface area contributed by atoms with E-state index < -0.39 is 0 Å². The Morgan fingerprint density at radius 1 is 1.40 bits per heavy atom. The van der Waals surface area contributed by atoms with Gasteiger partial charge in [-0.3, -0.25) is 4.68 Å². The lowest BCUT2D eigenvalue weighted by molar-refractivity contribution is 0.202. The van der Waals surface area contributed by atoms with Crippen molar-refractivity contribution in [2.75, 3.05) is 0 Å². The van der Waals surface area contributed by atoms with Gasteiger partial charge < -0.3 is 0 Å². The SMILES string of the molecule is CCC1CCC(C#N)(Cc2c(Cl)c(C)nn2CC)CC1. The molecule has 0 N–H and O–H groups in total. The summed E-state index contributed by atoms with van der Waals surface area (Å²) in [5.74, 6) is 0.796. The second kappa shape index (κ2) is 6.18. The number of aromatic nitrogens is 2. The van der Waals surface area contributed by atoms with Gasteiger partial charge in [0.15, 0.2) is 0 Å². The minimum Gasteiger partial charge on any atom is -0.268 e. The second-order valence-corrected chi connectivity index (χ2v) is 6.46. The average molecular weight is 294 g/mol. The van der Waals surface area contributed by atoms with E-state index in [4.69, 9.17) is 11.6 Å². The van der Waals surface area contributed by atoms with Crippen LogP contribution >= 0.6 is 11.6 Å². The molecule has 1 heterocycles. The smallest absolute Gasteiger partial charge is 0.0847 e. The summed E-state index contributed by atoms with van der Waals surface area (Å²) in [4.78, 5) is 0. The first kappa shape index (κ1) is 15.4. The summed E-state index contributed by atoms with van der Waals surface area (Å²) < 4.78 is 1.96. The Kier molecular flexibility index (Phi) is 4.75. The molecule has 1 aromatic rings. The number of rotatable bonds is 4. The Bertz CT molecular complexity index is 505. The Hall–Kier alpha value is -1.01. The molecule has 0 unspecified atom stereocenters. The molecule has 0 atom stereocenters. The van der Waals surface area contributed by atoms with E-state index in [0.29, 0.717) is 0 Å². The van der Waals surface area contributed by atoms with Crippen LogP contribution in [0.2, 0.25) is 5.02 Å². The topological polar surface area (TPSA) is 41.6 Å². The van der Waals surface area contributed by atoms with Crippen LogP contribution in [-0.2, 0) is 13.0 Å². The predicted octanol–water partition coefficient (Wildman–Crippen LogP) is 4.52. The van der Waals surface area contributed by atoms with Crippen molar-refractivity contribution in [3.8, 4) is 6.07 Å². The van der Waals surface area contributed by atoms with Gasteiger partial charge in [0.25, 0.3) is 0 Å². The lowest BCUT2D eigenvalue weighted by Crippen LogP contribution is -2.29. The van der Waals surface area contributed by atoms with Crippen LogP contribution in [0.5, 0.6) is 0 Å². The molecule has 1 fully saturated rings. The maximum atomic E-state index is 9.70. The van der Waals surface area contributed by atoms with E-state index in [0.717, 1.165) is 48.1 Å². The maximum Gasteiger partial charge on any atom is 0.0847 e. The molecule has 110 valence electrons. The summed E-state index contributed by atoms with van der Waals surface area (Å²) in [6, 6.07) is 2.60. The van der Waals surface area contributed by atoms with Crippen molar-refractivity contribution >= 4 is 11.6 Å². The van der Waals surface area contributed by atoms with Gasteiger partial charge >= 0.3 is 0 Å². The fourth-order valence-corrected chi connectivity index (χ4v) is 3.53. The van der Waals surface area contributed by atoms with E-state index >= 15 is 0 Å². The van der Waals surface area contributed by atoms with Gasteiger partial charge in [-0.1, -0.05) is 24.9 Å². The molecular formula is C16H24ClN3. The normalized spacial score (nSPS) is 26.4. The fraction of sp³-hybridized carbons (Fsp3) is 0.750. The highest BCUT2D eigenvalue weighted by Gasteiger charge is 2.37. The van der Waals surface area contributed by atoms with Gasteiger partial charge in [0.1, 0.15) is 0 Å². The molecule has 4 heteroatoms. The molecule has 0 radical (unpaired) electrons. The zero-order chi connectivity index (χ0) is 14.8. The minimum absolute atomic E-state index is 0.241. The predicted molar refractivity (Wildman–Crippen MR) is 81.6 cm³/mol. The Morgan fingerprint density at radius 3 is 2.55 bits per heavy atom. The maximum absolute atomic E-state index is 9.70. The van der Waals surface area contributed by atoms with Crippen LogP contribution in [-0.4, -0.2) is 9.78 Å². The van der Waals surface area contributed by atoms with E-state index in [9.17, 15) is 5.26 Å². The summed E-state index contributed by atoms with van der Waals surface area (Å²) >= 11 is 6.39. The number of nitrogens with zero attached hydrogens (tertiary/aromatic N) is 3. The molecule has 0 aliphatic heterocycles. The molecule has 2 rings (SSSR count). The van der Waals surface area contributed by atoms with Gasteiger partial charge in [0.2, 0.25) is 0 Å². The summed E-state index contributed by atoms with van der Waals surface area (Å²) in [5, 5.41) is 14.9. The quantitative estimate of drug-likeness (QED) is 0.819. The monoisotopic (exact) mass is 293 g/mol. The summed E-state index contributed by atoms with van der Waals surface area (Å²) in [6.45, 7) is 7.06. The first-order valence-electron chi connectivity index (χ1n) is 7.68. The molecule has 0 spiro atoms. The third kappa shape index (κ3) is 2.86. The minimum atomic E-state index is -0.241. The van der Waals surface area contributed by atoms with E-state index in [1.54, 1.807) is 0 Å². The van der Waals surface area contributed by atoms with Crippen molar-refractivity contribution in [1.29, 1.82) is 5.26 Å². The molecule has 0 bridgehead atoms. The van der Waals surface area contributed by atoms with Crippen LogP contribution in [0.3, 0.4) is 0 Å². The largest absolute Gasteiger partial charge is 0.268 e. The van der Waals surface area contributed by atoms with Crippen LogP contribution < -0.4 is 0 Å². The number of halogens is 1. The van der Waals surface area contributed by atoms with Crippen LogP contribution in [0, 0.1) is 29.6 Å². The molecule has 0 saturated heterocycles. The number of hydrogen-bond donors (Lipinski definition) is 0. The van der Waals surface area contributed by atoms with E-state index in [-0.39, 0.29) is 5.41 Å². The highest BCUT2D eigenvalue weighted by Crippen LogP contribution is 2.43. The molecule has 3 nitrogen and oxygen atoms in total. The third-order valence-electron chi connectivity index (χ3n) is 4.84. The highest BCUT2D eigenvalue weighted by atomic mass is 35.5. The standard InChI is InChI=1S/C16H24ClN3/c1-4-13-6-8-16(11-18,9-7-13)10-14-15(17)12(3)19-20(14)5-2/h13H,4-10H2,1-3H3. The van der Waals surface area contributed by atoms with Crippen molar-refractivity contribution in [3.05, 3.63) is 16.4 Å². The van der Waals surface area contributed by atoms with Gasteiger partial charge in [0.05, 0.1) is 27.9 Å². The van der Waals surface area contributed by atoms with Crippen molar-refractivity contribution in [2.24, 2.45) is 11.3 Å². The second-order valence-electron chi connectivity index (χ2n) is 6.08. The molecule has 20 heavy (non-hydrogen) atoms. The molecule has 1 aliphatic rings. The molecular weight excluding hydrogens is 270 g/mol. The number of hydrogen-bond acceptors (Lipinski definition) is 2. The highest BCUT2D eigenvalue weighted by molar-refractivity contribution is 6.31. The molecule has 0 aromatic carbocycles. The Morgan fingerprint density at radius 2 is 2.05 bits per heavy atom. The molecule has 1 aliphatic carbocycles. The van der Waals surface area contributed by atoms with Crippen molar-refractivity contribution in [2.45, 2.75) is 65.8 Å². The number of nitriles is 1. The van der Waals surface area contributed by atoms with Crippen LogP contribution in [0.25, 0.3) is 0 Å². The third-order valence-corrected chi connectivity index (χ3v) is 5.33. The van der Waals surface area contributed by atoms with Gasteiger partial charge in [0, 0.05) is 13.0 Å². The van der Waals surface area contributed by atoms with Crippen LogP contribution in [0.4, 0.5) is 0 Å². The average Bonchev–Trinajstić information content (AvgIpc) is 2.75. The van der Waals surface area contributed by atoms with Gasteiger partial charge in [-0.05, 0) is 45.4 Å². The molecule has 0 amide bonds. The summed E-state index contributed by atoms with van der Waals surface area (Å²) in [6.07, 6.45) is 6.29. The van der Waals surface area contributed by atoms with Crippen LogP contribution in [0.1, 0.15) is 57.3 Å². The lowest BCUT2D eigenvalue weighted by atomic mass is 9.68. The number of aryl methyl sites for hydroxylation is 2. The van der Waals surface area contributed by atoms with Crippen molar-refractivity contribution in [3.63, 3.8) is 0 Å². The van der Waals surface area contributed by atoms with E-state index in [2.05, 4.69) is 25.0 Å². The first-order valence-corrected chi connectivity index (χ1v) is 8.06. The first-order chi connectivity index (χ1) is 9.55. The van der Waals surface area contributed by atoms with Gasteiger partial charge in [-0.2, -0.15) is 10.4 Å². The fourth-order valence-electron chi connectivity index (χ4n) is 3.32. The zero-order valence-electron chi connectivity index (χ0n) is 12.7. The van der Waals surface area contributed by atoms with Crippen molar-refractivity contribution in [1.82, 2.24) is 9.78 Å². The molecule has 1 saturated carbocycles. The summed E-state index contributed by atoms with van der Waals surface area (Å²) in [7, 11) is 0. The lowest BCUT2D eigenvalue weighted by Gasteiger charge is -2.34. The van der Waals surface area contributed by atoms with E-state index in [1.807, 2.05) is 11.6 Å². The van der Waals surface area contributed by atoms with Crippen molar-refractivity contribution < 1.29 is 0 Å². The Labute approximate surface area is 126 Å². The van der Waals surface area contributed by atoms with Crippen LogP contribution in [0.15, 0.2) is 0 Å². The molecule has 1 aromatic heterocycles. The Balaban J connectivity index is 2.21. The van der Waals surface area contributed by atoms with E-state index in [1.165, 1.54) is 19.3 Å². The zero-order valence-corrected chi connectivity index (χ0v) is 13.5.